The van der Waals surface area contributed by atoms with Gasteiger partial charge in [-0.2, -0.15) is 0 Å². The Morgan fingerprint density at radius 1 is 1.23 bits per heavy atom. The van der Waals surface area contributed by atoms with Crippen molar-refractivity contribution < 1.29 is 4.74 Å². The molecule has 0 unspecified atom stereocenters. The minimum atomic E-state index is -0.616. The molecule has 0 N–H and O–H groups in total. The van der Waals surface area contributed by atoms with Crippen molar-refractivity contribution in [1.29, 1.82) is 0 Å². The SMILES string of the molecule is C[SiH](C)C(C)(C)COC(CBr)CBr. The highest BCUT2D eigenvalue weighted by Crippen LogP contribution is 2.29. The lowest BCUT2D eigenvalue weighted by Crippen LogP contribution is -2.30. The van der Waals surface area contributed by atoms with E-state index < -0.39 is 8.80 Å². The highest BCUT2D eigenvalue weighted by molar-refractivity contribution is 9.09. The van der Waals surface area contributed by atoms with Crippen molar-refractivity contribution in [3.05, 3.63) is 0 Å². The monoisotopic (exact) mass is 330 g/mol. The van der Waals surface area contributed by atoms with Crippen LogP contribution < -0.4 is 0 Å². The van der Waals surface area contributed by atoms with Crippen LogP contribution in [0.1, 0.15) is 13.8 Å². The fourth-order valence-electron chi connectivity index (χ4n) is 0.630. The molecule has 0 aliphatic carbocycles. The summed E-state index contributed by atoms with van der Waals surface area (Å²) >= 11 is 6.87. The maximum atomic E-state index is 5.81. The van der Waals surface area contributed by atoms with Gasteiger partial charge in [0.05, 0.1) is 6.10 Å². The van der Waals surface area contributed by atoms with Crippen LogP contribution in [0.5, 0.6) is 0 Å². The van der Waals surface area contributed by atoms with Gasteiger partial charge in [0.1, 0.15) is 0 Å². The van der Waals surface area contributed by atoms with Crippen molar-refractivity contribution in [2.24, 2.45) is 0 Å². The Morgan fingerprint density at radius 2 is 1.69 bits per heavy atom. The predicted molar refractivity (Wildman–Crippen MR) is 70.2 cm³/mol. The zero-order valence-electron chi connectivity index (χ0n) is 8.94. The van der Waals surface area contributed by atoms with E-state index in [1.165, 1.54) is 0 Å². The first kappa shape index (κ1) is 14.1. The zero-order chi connectivity index (χ0) is 10.5. The molecule has 0 rings (SSSR count). The molecular weight excluding hydrogens is 312 g/mol. The average Bonchev–Trinajstić information content (AvgIpc) is 2.06. The highest BCUT2D eigenvalue weighted by atomic mass is 79.9. The largest absolute Gasteiger partial charge is 0.376 e. The van der Waals surface area contributed by atoms with Gasteiger partial charge in [-0.3, -0.25) is 0 Å². The number of alkyl halides is 2. The second-order valence-electron chi connectivity index (χ2n) is 4.38. The minimum absolute atomic E-state index is 0.312. The van der Waals surface area contributed by atoms with Crippen LogP contribution in [0.15, 0.2) is 0 Å². The Kier molecular flexibility index (Phi) is 7.17. The molecule has 0 saturated heterocycles. The second-order valence-corrected chi connectivity index (χ2v) is 9.55. The molecule has 80 valence electrons. The third-order valence-electron chi connectivity index (χ3n) is 2.60. The van der Waals surface area contributed by atoms with E-state index in [2.05, 4.69) is 58.8 Å². The van der Waals surface area contributed by atoms with E-state index >= 15 is 0 Å². The van der Waals surface area contributed by atoms with Crippen molar-refractivity contribution in [1.82, 2.24) is 0 Å². The van der Waals surface area contributed by atoms with Gasteiger partial charge in [-0.1, -0.05) is 58.8 Å². The van der Waals surface area contributed by atoms with Crippen LogP contribution in [0, 0.1) is 0 Å². The van der Waals surface area contributed by atoms with E-state index in [9.17, 15) is 0 Å². The first-order chi connectivity index (χ1) is 5.94. The summed E-state index contributed by atoms with van der Waals surface area (Å²) in [5.41, 5.74) is 0. The van der Waals surface area contributed by atoms with Crippen LogP contribution in [0.25, 0.3) is 0 Å². The highest BCUT2D eigenvalue weighted by Gasteiger charge is 2.24. The fraction of sp³-hybridized carbons (Fsp3) is 1.00. The van der Waals surface area contributed by atoms with E-state index in [0.29, 0.717) is 11.1 Å². The topological polar surface area (TPSA) is 9.23 Å². The molecule has 1 nitrogen and oxygen atoms in total. The standard InChI is InChI=1S/C9H20Br2OSi/c1-9(2,13(3)4)7-12-8(5-10)6-11/h8,13H,5-7H2,1-4H3. The van der Waals surface area contributed by atoms with Gasteiger partial charge in [0, 0.05) is 26.1 Å². The van der Waals surface area contributed by atoms with E-state index in [1.54, 1.807) is 0 Å². The molecule has 0 atom stereocenters. The number of hydrogen-bond acceptors (Lipinski definition) is 1. The molecule has 0 aliphatic heterocycles. The quantitative estimate of drug-likeness (QED) is 0.535. The zero-order valence-corrected chi connectivity index (χ0v) is 13.3. The van der Waals surface area contributed by atoms with E-state index in [0.717, 1.165) is 17.3 Å². The van der Waals surface area contributed by atoms with Crippen LogP contribution in [-0.2, 0) is 4.74 Å². The predicted octanol–water partition coefficient (Wildman–Crippen LogP) is 3.43. The summed E-state index contributed by atoms with van der Waals surface area (Å²) in [4.78, 5) is 0. The number of hydrogen-bond donors (Lipinski definition) is 0. The van der Waals surface area contributed by atoms with E-state index in [4.69, 9.17) is 4.74 Å². The number of halogens is 2. The molecular formula is C9H20Br2OSi. The molecule has 0 bridgehead atoms. The molecule has 13 heavy (non-hydrogen) atoms. The average molecular weight is 332 g/mol. The Morgan fingerprint density at radius 3 is 2.00 bits per heavy atom. The van der Waals surface area contributed by atoms with Crippen LogP contribution in [-0.4, -0.2) is 32.2 Å². The van der Waals surface area contributed by atoms with Crippen LogP contribution >= 0.6 is 31.9 Å². The Labute approximate surface area is 100 Å². The normalized spacial score (nSPS) is 12.9. The van der Waals surface area contributed by atoms with E-state index in [1.807, 2.05) is 0 Å². The van der Waals surface area contributed by atoms with Crippen LogP contribution in [0.2, 0.25) is 18.1 Å². The maximum absolute atomic E-state index is 5.81. The van der Waals surface area contributed by atoms with Gasteiger partial charge in [-0.25, -0.2) is 0 Å². The number of ether oxygens (including phenoxy) is 1. The minimum Gasteiger partial charge on any atom is -0.376 e. The maximum Gasteiger partial charge on any atom is 0.0768 e. The lowest BCUT2D eigenvalue weighted by Gasteiger charge is -2.29. The summed E-state index contributed by atoms with van der Waals surface area (Å²) < 4.78 is 5.81. The molecule has 0 aromatic heterocycles. The second kappa shape index (κ2) is 6.59. The summed E-state index contributed by atoms with van der Waals surface area (Å²) in [5, 5.41) is 2.23. The summed E-state index contributed by atoms with van der Waals surface area (Å²) in [6.45, 7) is 10.3. The van der Waals surface area contributed by atoms with Gasteiger partial charge in [-0.15, -0.1) is 0 Å². The Hall–Kier alpha value is 1.14. The van der Waals surface area contributed by atoms with Crippen LogP contribution in [0.4, 0.5) is 0 Å². The van der Waals surface area contributed by atoms with Crippen molar-refractivity contribution in [2.45, 2.75) is 38.1 Å². The van der Waals surface area contributed by atoms with Gasteiger partial charge < -0.3 is 4.74 Å². The smallest absolute Gasteiger partial charge is 0.0768 e. The lowest BCUT2D eigenvalue weighted by atomic mass is 10.2. The van der Waals surface area contributed by atoms with Crippen LogP contribution in [0.3, 0.4) is 0 Å². The van der Waals surface area contributed by atoms with Crippen molar-refractivity contribution in [3.63, 3.8) is 0 Å². The molecule has 0 spiro atoms. The van der Waals surface area contributed by atoms with Gasteiger partial charge >= 0.3 is 0 Å². The molecule has 4 heteroatoms. The molecule has 0 aromatic rings. The molecule has 0 fully saturated rings. The first-order valence-corrected chi connectivity index (χ1v) is 9.80. The summed E-state index contributed by atoms with van der Waals surface area (Å²) in [6.07, 6.45) is 0.312. The third-order valence-corrected chi connectivity index (χ3v) is 7.34. The first-order valence-electron chi connectivity index (χ1n) is 4.67. The lowest BCUT2D eigenvalue weighted by molar-refractivity contribution is 0.0695. The van der Waals surface area contributed by atoms with E-state index in [-0.39, 0.29) is 0 Å². The Bertz CT molecular complexity index is 136. The van der Waals surface area contributed by atoms with Crippen molar-refractivity contribution >= 4 is 40.7 Å². The van der Waals surface area contributed by atoms with Crippen molar-refractivity contribution in [3.8, 4) is 0 Å². The molecule has 0 heterocycles. The number of rotatable bonds is 6. The van der Waals surface area contributed by atoms with Gasteiger partial charge in [0.25, 0.3) is 0 Å². The summed E-state index contributed by atoms with van der Waals surface area (Å²) in [5.74, 6) is 0. The summed E-state index contributed by atoms with van der Waals surface area (Å²) in [6, 6.07) is 0. The molecule has 0 amide bonds. The molecule has 0 aliphatic rings. The molecule has 0 saturated carbocycles. The molecule has 0 radical (unpaired) electrons. The van der Waals surface area contributed by atoms with Crippen molar-refractivity contribution in [2.75, 3.05) is 17.3 Å². The third kappa shape index (κ3) is 5.55. The Balaban J connectivity index is 3.85. The summed E-state index contributed by atoms with van der Waals surface area (Å²) in [7, 11) is -0.616. The van der Waals surface area contributed by atoms with Gasteiger partial charge in [-0.05, 0) is 5.04 Å². The van der Waals surface area contributed by atoms with Gasteiger partial charge in [0.2, 0.25) is 0 Å². The van der Waals surface area contributed by atoms with Gasteiger partial charge in [0.15, 0.2) is 0 Å². The molecule has 0 aromatic carbocycles. The fourth-order valence-corrected chi connectivity index (χ4v) is 2.51.